The zero-order valence-electron chi connectivity index (χ0n) is 18.1. The third kappa shape index (κ3) is 4.24. The quantitative estimate of drug-likeness (QED) is 0.692. The summed E-state index contributed by atoms with van der Waals surface area (Å²) in [5, 5.41) is 3.08. The van der Waals surface area contributed by atoms with Gasteiger partial charge in [0, 0.05) is 5.69 Å². The Morgan fingerprint density at radius 3 is 2.20 bits per heavy atom. The van der Waals surface area contributed by atoms with Crippen molar-refractivity contribution in [2.75, 3.05) is 11.9 Å². The molecule has 30 heavy (non-hydrogen) atoms. The van der Waals surface area contributed by atoms with Gasteiger partial charge in [-0.05, 0) is 85.8 Å². The van der Waals surface area contributed by atoms with Crippen LogP contribution in [0.1, 0.15) is 54.5 Å². The van der Waals surface area contributed by atoms with Gasteiger partial charge < -0.3 is 5.32 Å². The first kappa shape index (κ1) is 20.9. The summed E-state index contributed by atoms with van der Waals surface area (Å²) in [6.45, 7) is 6.45. The van der Waals surface area contributed by atoms with E-state index >= 15 is 0 Å². The summed E-state index contributed by atoms with van der Waals surface area (Å²) >= 11 is 0. The third-order valence-electron chi connectivity index (χ3n) is 5.90. The second-order valence-corrected chi connectivity index (χ2v) is 10.8. The number of rotatable bonds is 5. The van der Waals surface area contributed by atoms with Crippen LogP contribution >= 0.6 is 0 Å². The fourth-order valence-electron chi connectivity index (χ4n) is 4.37. The summed E-state index contributed by atoms with van der Waals surface area (Å²) < 4.78 is 20.9. The number of aryl methyl sites for hydroxylation is 3. The van der Waals surface area contributed by atoms with E-state index in [1.54, 1.807) is 12.1 Å². The maximum absolute atomic E-state index is 13.7. The van der Waals surface area contributed by atoms with Gasteiger partial charge in [-0.25, -0.2) is 18.1 Å². The monoisotopic (exact) mass is 425 g/mol. The normalized spacial score (nSPS) is 16.7. The largest absolute Gasteiger partial charge is 0.331 e. The number of hydrogen-bond donors (Lipinski definition) is 2. The van der Waals surface area contributed by atoms with Crippen molar-refractivity contribution in [3.8, 4) is 0 Å². The van der Waals surface area contributed by atoms with Crippen LogP contribution in [-0.4, -0.2) is 16.8 Å². The SMILES string of the molecule is Cc1ccc(S(=O)(=NCC(C)C)NC(=O)Nc2c3c(cc4c2CCC4)CCC3)cc1. The molecule has 5 nitrogen and oxygen atoms in total. The highest BCUT2D eigenvalue weighted by Gasteiger charge is 2.26. The first-order valence-corrected chi connectivity index (χ1v) is 12.4. The van der Waals surface area contributed by atoms with Gasteiger partial charge in [0.1, 0.15) is 0 Å². The molecule has 0 spiro atoms. The van der Waals surface area contributed by atoms with Crippen LogP contribution in [-0.2, 0) is 35.6 Å². The second kappa shape index (κ2) is 8.42. The fourth-order valence-corrected chi connectivity index (χ4v) is 6.02. The highest BCUT2D eigenvalue weighted by Crippen LogP contribution is 2.38. The van der Waals surface area contributed by atoms with Crippen LogP contribution in [0.25, 0.3) is 0 Å². The number of nitrogens with zero attached hydrogens (tertiary/aromatic N) is 1. The fraction of sp³-hybridized carbons (Fsp3) is 0.458. The Labute approximate surface area is 180 Å². The van der Waals surface area contributed by atoms with Crippen molar-refractivity contribution < 1.29 is 9.00 Å². The van der Waals surface area contributed by atoms with Gasteiger partial charge in [0.25, 0.3) is 0 Å². The minimum Gasteiger partial charge on any atom is -0.307 e. The number of anilines is 1. The molecule has 0 saturated heterocycles. The van der Waals surface area contributed by atoms with Crippen molar-refractivity contribution in [3.63, 3.8) is 0 Å². The molecule has 0 aliphatic heterocycles. The number of carbonyl (C=O) groups is 1. The summed E-state index contributed by atoms with van der Waals surface area (Å²) in [6.07, 6.45) is 6.37. The smallest absolute Gasteiger partial charge is 0.307 e. The Morgan fingerprint density at radius 1 is 1.03 bits per heavy atom. The molecule has 1 atom stereocenters. The molecule has 2 aliphatic rings. The summed E-state index contributed by atoms with van der Waals surface area (Å²) in [7, 11) is -3.06. The van der Waals surface area contributed by atoms with E-state index < -0.39 is 15.9 Å². The molecule has 2 amide bonds. The van der Waals surface area contributed by atoms with Gasteiger partial charge in [0.2, 0.25) is 0 Å². The number of fused-ring (bicyclic) bond motifs is 2. The van der Waals surface area contributed by atoms with Crippen LogP contribution in [0, 0.1) is 12.8 Å². The van der Waals surface area contributed by atoms with Crippen LogP contribution < -0.4 is 10.0 Å². The molecular weight excluding hydrogens is 394 g/mol. The first-order chi connectivity index (χ1) is 14.4. The molecule has 2 aromatic rings. The molecule has 4 rings (SSSR count). The van der Waals surface area contributed by atoms with Gasteiger partial charge >= 0.3 is 6.03 Å². The molecule has 1 unspecified atom stereocenters. The predicted molar refractivity (Wildman–Crippen MR) is 122 cm³/mol. The van der Waals surface area contributed by atoms with Gasteiger partial charge in [-0.3, -0.25) is 0 Å². The van der Waals surface area contributed by atoms with Crippen molar-refractivity contribution in [2.45, 2.75) is 64.2 Å². The first-order valence-electron chi connectivity index (χ1n) is 10.9. The van der Waals surface area contributed by atoms with Gasteiger partial charge in [0.05, 0.1) is 11.4 Å². The molecule has 6 heteroatoms. The van der Waals surface area contributed by atoms with Crippen molar-refractivity contribution in [1.82, 2.24) is 4.72 Å². The zero-order chi connectivity index (χ0) is 21.3. The average Bonchev–Trinajstić information content (AvgIpc) is 3.36. The van der Waals surface area contributed by atoms with E-state index in [4.69, 9.17) is 0 Å². The number of amides is 2. The van der Waals surface area contributed by atoms with Gasteiger partial charge in [-0.1, -0.05) is 37.6 Å². The highest BCUT2D eigenvalue weighted by atomic mass is 32.2. The van der Waals surface area contributed by atoms with E-state index in [-0.39, 0.29) is 5.92 Å². The van der Waals surface area contributed by atoms with E-state index in [1.807, 2.05) is 32.9 Å². The van der Waals surface area contributed by atoms with Crippen molar-refractivity contribution in [3.05, 3.63) is 58.1 Å². The standard InChI is InChI=1S/C24H31N3O2S/c1-16(2)15-25-30(29,20-12-10-17(3)11-13-20)27-24(28)26-23-21-8-4-6-18(21)14-19-7-5-9-22(19)23/h10-14,16H,4-9,15H2,1-3H3,(H2,25,26,27,28,29). The molecular formula is C24H31N3O2S. The predicted octanol–water partition coefficient (Wildman–Crippen LogP) is 5.19. The number of carbonyl (C=O) groups excluding carboxylic acids is 1. The maximum atomic E-state index is 13.7. The van der Waals surface area contributed by atoms with Crippen LogP contribution in [0.15, 0.2) is 39.6 Å². The van der Waals surface area contributed by atoms with Crippen molar-refractivity contribution in [2.24, 2.45) is 10.3 Å². The second-order valence-electron chi connectivity index (χ2n) is 8.83. The van der Waals surface area contributed by atoms with E-state index in [2.05, 4.69) is 20.5 Å². The average molecular weight is 426 g/mol. The maximum Gasteiger partial charge on any atom is 0.331 e. The Bertz CT molecular complexity index is 1050. The molecule has 0 saturated carbocycles. The molecule has 0 heterocycles. The van der Waals surface area contributed by atoms with Crippen LogP contribution in [0.2, 0.25) is 0 Å². The lowest BCUT2D eigenvalue weighted by molar-refractivity contribution is 0.256. The Kier molecular flexibility index (Phi) is 5.87. The van der Waals surface area contributed by atoms with E-state index in [1.165, 1.54) is 22.3 Å². The van der Waals surface area contributed by atoms with Crippen LogP contribution in [0.5, 0.6) is 0 Å². The molecule has 0 aromatic heterocycles. The van der Waals surface area contributed by atoms with Gasteiger partial charge in [-0.15, -0.1) is 0 Å². The number of nitrogens with one attached hydrogen (secondary N) is 2. The molecule has 0 radical (unpaired) electrons. The lowest BCUT2D eigenvalue weighted by atomic mass is 9.99. The van der Waals surface area contributed by atoms with Crippen molar-refractivity contribution >= 4 is 21.6 Å². The van der Waals surface area contributed by atoms with Gasteiger partial charge in [0.15, 0.2) is 9.92 Å². The van der Waals surface area contributed by atoms with E-state index in [0.29, 0.717) is 11.4 Å². The molecule has 2 aromatic carbocycles. The van der Waals surface area contributed by atoms with Crippen LogP contribution in [0.4, 0.5) is 10.5 Å². The zero-order valence-corrected chi connectivity index (χ0v) is 18.9. The highest BCUT2D eigenvalue weighted by molar-refractivity contribution is 7.92. The number of urea groups is 1. The van der Waals surface area contributed by atoms with Gasteiger partial charge in [-0.2, -0.15) is 0 Å². The van der Waals surface area contributed by atoms with Crippen molar-refractivity contribution in [1.29, 1.82) is 0 Å². The molecule has 0 fully saturated rings. The van der Waals surface area contributed by atoms with E-state index in [9.17, 15) is 9.00 Å². The Hall–Kier alpha value is -2.34. The molecule has 0 bridgehead atoms. The lowest BCUT2D eigenvalue weighted by Gasteiger charge is -2.18. The minimum absolute atomic E-state index is 0.252. The molecule has 2 aliphatic carbocycles. The summed E-state index contributed by atoms with van der Waals surface area (Å²) in [4.78, 5) is 13.6. The Morgan fingerprint density at radius 2 is 1.63 bits per heavy atom. The van der Waals surface area contributed by atoms with Crippen LogP contribution in [0.3, 0.4) is 0 Å². The Balaban J connectivity index is 1.64. The minimum atomic E-state index is -3.06. The topological polar surface area (TPSA) is 70.6 Å². The summed E-state index contributed by atoms with van der Waals surface area (Å²) in [5.41, 5.74) is 7.25. The van der Waals surface area contributed by atoms with E-state index in [0.717, 1.165) is 49.8 Å². The number of hydrogen-bond acceptors (Lipinski definition) is 3. The lowest BCUT2D eigenvalue weighted by Crippen LogP contribution is -2.35. The third-order valence-corrected chi connectivity index (χ3v) is 7.79. The molecule has 160 valence electrons. The number of benzene rings is 2. The summed E-state index contributed by atoms with van der Waals surface area (Å²) in [6, 6.07) is 9.27. The summed E-state index contributed by atoms with van der Waals surface area (Å²) in [5.74, 6) is 0.252. The molecule has 2 N–H and O–H groups in total.